The summed E-state index contributed by atoms with van der Waals surface area (Å²) in [6, 6.07) is 6.38. The van der Waals surface area contributed by atoms with Crippen LogP contribution in [0.2, 0.25) is 0 Å². The van der Waals surface area contributed by atoms with Crippen molar-refractivity contribution in [2.75, 3.05) is 33.3 Å². The van der Waals surface area contributed by atoms with Crippen LogP contribution < -0.4 is 5.32 Å². The van der Waals surface area contributed by atoms with E-state index in [0.717, 1.165) is 37.9 Å². The van der Waals surface area contributed by atoms with Gasteiger partial charge in [0, 0.05) is 26.7 Å². The molecular formula is C16H23FN2O2. The number of hydrogen-bond acceptors (Lipinski definition) is 3. The number of ether oxygens (including phenoxy) is 1. The molecule has 1 fully saturated rings. The number of nitrogens with zero attached hydrogens (tertiary/aromatic N) is 1. The van der Waals surface area contributed by atoms with Gasteiger partial charge in [0.05, 0.1) is 12.6 Å². The third-order valence-electron chi connectivity index (χ3n) is 3.88. The lowest BCUT2D eigenvalue weighted by molar-refractivity contribution is -0.122. The maximum absolute atomic E-state index is 12.8. The van der Waals surface area contributed by atoms with Gasteiger partial charge in [-0.15, -0.1) is 0 Å². The van der Waals surface area contributed by atoms with Crippen molar-refractivity contribution in [2.24, 2.45) is 0 Å². The van der Waals surface area contributed by atoms with E-state index < -0.39 is 0 Å². The first kappa shape index (κ1) is 15.9. The predicted octanol–water partition coefficient (Wildman–Crippen LogP) is 1.60. The van der Waals surface area contributed by atoms with Crippen molar-refractivity contribution in [2.45, 2.75) is 25.4 Å². The Labute approximate surface area is 125 Å². The van der Waals surface area contributed by atoms with E-state index in [2.05, 4.69) is 10.2 Å². The van der Waals surface area contributed by atoms with Gasteiger partial charge in [0.15, 0.2) is 0 Å². The summed E-state index contributed by atoms with van der Waals surface area (Å²) in [6.07, 6.45) is 3.03. The van der Waals surface area contributed by atoms with Crippen LogP contribution in [0.5, 0.6) is 0 Å². The number of amides is 1. The molecule has 0 bridgehead atoms. The highest BCUT2D eigenvalue weighted by atomic mass is 19.1. The minimum absolute atomic E-state index is 0.0491. The molecular weight excluding hydrogens is 271 g/mol. The molecule has 0 saturated carbocycles. The van der Waals surface area contributed by atoms with E-state index in [1.165, 1.54) is 12.1 Å². The topological polar surface area (TPSA) is 41.6 Å². The quantitative estimate of drug-likeness (QED) is 0.866. The number of likely N-dealkylation sites (tertiary alicyclic amines) is 1. The number of piperidine rings is 1. The van der Waals surface area contributed by atoms with Crippen LogP contribution in [0.25, 0.3) is 0 Å². The number of carbonyl (C=O) groups excluding carboxylic acids is 1. The van der Waals surface area contributed by atoms with Crippen molar-refractivity contribution in [1.29, 1.82) is 0 Å². The highest BCUT2D eigenvalue weighted by molar-refractivity contribution is 5.78. The van der Waals surface area contributed by atoms with E-state index in [-0.39, 0.29) is 11.7 Å². The second kappa shape index (κ2) is 8.10. The zero-order valence-electron chi connectivity index (χ0n) is 12.5. The van der Waals surface area contributed by atoms with Crippen LogP contribution in [0.3, 0.4) is 0 Å². The molecule has 5 heteroatoms. The maximum Gasteiger partial charge on any atom is 0.234 e. The Morgan fingerprint density at radius 2 is 2.00 bits per heavy atom. The molecule has 1 aromatic carbocycles. The Bertz CT molecular complexity index is 442. The molecule has 1 saturated heterocycles. The van der Waals surface area contributed by atoms with Crippen molar-refractivity contribution in [1.82, 2.24) is 10.2 Å². The summed E-state index contributed by atoms with van der Waals surface area (Å²) >= 11 is 0. The average molecular weight is 294 g/mol. The Morgan fingerprint density at radius 3 is 2.62 bits per heavy atom. The number of carbonyl (C=O) groups is 1. The summed E-state index contributed by atoms with van der Waals surface area (Å²) in [6.45, 7) is 2.84. The monoisotopic (exact) mass is 294 g/mol. The van der Waals surface area contributed by atoms with E-state index in [9.17, 15) is 9.18 Å². The van der Waals surface area contributed by atoms with Crippen LogP contribution in [-0.2, 0) is 16.0 Å². The van der Waals surface area contributed by atoms with Crippen LogP contribution in [0.1, 0.15) is 18.4 Å². The van der Waals surface area contributed by atoms with Gasteiger partial charge in [-0.25, -0.2) is 4.39 Å². The first-order chi connectivity index (χ1) is 10.2. The van der Waals surface area contributed by atoms with Crippen molar-refractivity contribution in [3.05, 3.63) is 35.6 Å². The number of benzene rings is 1. The smallest absolute Gasteiger partial charge is 0.234 e. The van der Waals surface area contributed by atoms with Gasteiger partial charge in [-0.3, -0.25) is 9.69 Å². The van der Waals surface area contributed by atoms with Crippen LogP contribution in [0, 0.1) is 5.82 Å². The van der Waals surface area contributed by atoms with E-state index in [0.29, 0.717) is 19.2 Å². The van der Waals surface area contributed by atoms with Gasteiger partial charge >= 0.3 is 0 Å². The molecule has 1 N–H and O–H groups in total. The second-order valence-corrected chi connectivity index (χ2v) is 5.44. The number of methoxy groups -OCH3 is 1. The fourth-order valence-corrected chi connectivity index (χ4v) is 2.56. The van der Waals surface area contributed by atoms with Crippen molar-refractivity contribution >= 4 is 5.91 Å². The van der Waals surface area contributed by atoms with Crippen LogP contribution in [-0.4, -0.2) is 50.2 Å². The molecule has 116 valence electrons. The molecule has 4 nitrogen and oxygen atoms in total. The molecule has 0 aliphatic carbocycles. The summed E-state index contributed by atoms with van der Waals surface area (Å²) in [7, 11) is 1.74. The van der Waals surface area contributed by atoms with Crippen molar-refractivity contribution in [3.8, 4) is 0 Å². The highest BCUT2D eigenvalue weighted by Crippen LogP contribution is 2.12. The number of hydrogen-bond donors (Lipinski definition) is 1. The molecule has 0 aromatic heterocycles. The molecule has 0 atom stereocenters. The number of rotatable bonds is 6. The standard InChI is InChI=1S/C16H23FN2O2/c1-21-15-7-10-19(11-8-15)12-16(20)18-9-6-13-2-4-14(17)5-3-13/h2-5,15H,6-12H2,1H3,(H,18,20). The third-order valence-corrected chi connectivity index (χ3v) is 3.88. The van der Waals surface area contributed by atoms with Gasteiger partial charge in [0.1, 0.15) is 5.82 Å². The minimum Gasteiger partial charge on any atom is -0.381 e. The van der Waals surface area contributed by atoms with Gasteiger partial charge in [0.2, 0.25) is 5.91 Å². The number of nitrogens with one attached hydrogen (secondary N) is 1. The Morgan fingerprint density at radius 1 is 1.33 bits per heavy atom. The Balaban J connectivity index is 1.62. The largest absolute Gasteiger partial charge is 0.381 e. The lowest BCUT2D eigenvalue weighted by Crippen LogP contribution is -2.43. The second-order valence-electron chi connectivity index (χ2n) is 5.44. The van der Waals surface area contributed by atoms with Crippen molar-refractivity contribution < 1.29 is 13.9 Å². The summed E-state index contributed by atoms with van der Waals surface area (Å²) in [4.78, 5) is 14.0. The van der Waals surface area contributed by atoms with Gasteiger partial charge in [-0.2, -0.15) is 0 Å². The van der Waals surface area contributed by atoms with Crippen LogP contribution in [0.4, 0.5) is 4.39 Å². The normalized spacial score (nSPS) is 16.9. The molecule has 2 rings (SSSR count). The molecule has 21 heavy (non-hydrogen) atoms. The molecule has 1 aliphatic heterocycles. The first-order valence-corrected chi connectivity index (χ1v) is 7.43. The van der Waals surface area contributed by atoms with E-state index in [4.69, 9.17) is 4.74 Å². The summed E-state index contributed by atoms with van der Waals surface area (Å²) in [5.74, 6) is -0.185. The van der Waals surface area contributed by atoms with Crippen LogP contribution in [0.15, 0.2) is 24.3 Å². The van der Waals surface area contributed by atoms with E-state index >= 15 is 0 Å². The molecule has 1 aliphatic rings. The first-order valence-electron chi connectivity index (χ1n) is 7.43. The fourth-order valence-electron chi connectivity index (χ4n) is 2.56. The fraction of sp³-hybridized carbons (Fsp3) is 0.562. The molecule has 1 heterocycles. The van der Waals surface area contributed by atoms with Crippen molar-refractivity contribution in [3.63, 3.8) is 0 Å². The Kier molecular flexibility index (Phi) is 6.14. The van der Waals surface area contributed by atoms with Gasteiger partial charge in [-0.1, -0.05) is 12.1 Å². The highest BCUT2D eigenvalue weighted by Gasteiger charge is 2.20. The maximum atomic E-state index is 12.8. The number of halogens is 1. The molecule has 0 radical (unpaired) electrons. The molecule has 0 unspecified atom stereocenters. The predicted molar refractivity (Wildman–Crippen MR) is 79.6 cm³/mol. The lowest BCUT2D eigenvalue weighted by Gasteiger charge is -2.30. The SMILES string of the molecule is COC1CCN(CC(=O)NCCc2ccc(F)cc2)CC1. The lowest BCUT2D eigenvalue weighted by atomic mass is 10.1. The van der Waals surface area contributed by atoms with Gasteiger partial charge < -0.3 is 10.1 Å². The van der Waals surface area contributed by atoms with Gasteiger partial charge in [0.25, 0.3) is 0 Å². The third kappa shape index (κ3) is 5.44. The molecule has 1 aromatic rings. The minimum atomic E-state index is -0.234. The summed E-state index contributed by atoms with van der Waals surface area (Å²) in [5, 5.41) is 2.91. The summed E-state index contributed by atoms with van der Waals surface area (Å²) in [5.41, 5.74) is 1.03. The molecule has 1 amide bonds. The zero-order chi connectivity index (χ0) is 15.1. The van der Waals surface area contributed by atoms with Crippen LogP contribution >= 0.6 is 0 Å². The van der Waals surface area contributed by atoms with E-state index in [1.54, 1.807) is 19.2 Å². The van der Waals surface area contributed by atoms with E-state index in [1.807, 2.05) is 0 Å². The summed E-state index contributed by atoms with van der Waals surface area (Å²) < 4.78 is 18.1. The Hall–Kier alpha value is -1.46. The van der Waals surface area contributed by atoms with Gasteiger partial charge in [-0.05, 0) is 37.0 Å². The zero-order valence-corrected chi connectivity index (χ0v) is 12.5. The average Bonchev–Trinajstić information content (AvgIpc) is 2.50. The molecule has 0 spiro atoms.